The number of carboxylic acids is 1. The Morgan fingerprint density at radius 2 is 1.80 bits per heavy atom. The summed E-state index contributed by atoms with van der Waals surface area (Å²) in [5.41, 5.74) is 0.692. The molecule has 0 aromatic heterocycles. The van der Waals surface area contributed by atoms with Crippen LogP contribution in [0.5, 0.6) is 0 Å². The number of carboxylic acid groups (broad SMARTS) is 1. The fraction of sp³-hybridized carbons (Fsp3) is 0.364. The Bertz CT molecular complexity index is 317. The van der Waals surface area contributed by atoms with Gasteiger partial charge in [0.1, 0.15) is 6.42 Å². The molecule has 0 fully saturated rings. The minimum absolute atomic E-state index is 0.232. The average Bonchev–Trinajstić information content (AvgIpc) is 2.27. The SMILES string of the molecule is COC(CC(=O)O)(OC)c1ccccc1. The Kier molecular flexibility index (Phi) is 3.82. The lowest BCUT2D eigenvalue weighted by Crippen LogP contribution is -2.33. The summed E-state index contributed by atoms with van der Waals surface area (Å²) in [4.78, 5) is 10.7. The molecule has 1 aromatic carbocycles. The zero-order chi connectivity index (χ0) is 11.3. The van der Waals surface area contributed by atoms with Gasteiger partial charge in [0, 0.05) is 19.8 Å². The van der Waals surface area contributed by atoms with Crippen LogP contribution in [-0.4, -0.2) is 25.3 Å². The molecule has 0 heterocycles. The maximum absolute atomic E-state index is 10.7. The van der Waals surface area contributed by atoms with E-state index in [1.807, 2.05) is 18.2 Å². The molecule has 0 amide bonds. The Labute approximate surface area is 88.4 Å². The van der Waals surface area contributed by atoms with Gasteiger partial charge in [0.05, 0.1) is 0 Å². The first-order valence-corrected chi connectivity index (χ1v) is 4.52. The van der Waals surface area contributed by atoms with Crippen LogP contribution in [0.4, 0.5) is 0 Å². The molecular formula is C11H14O4. The van der Waals surface area contributed by atoms with E-state index in [2.05, 4.69) is 0 Å². The first kappa shape index (κ1) is 11.7. The molecule has 0 spiro atoms. The normalized spacial score (nSPS) is 11.3. The molecule has 0 aliphatic carbocycles. The molecule has 0 unspecified atom stereocenters. The number of hydrogen-bond acceptors (Lipinski definition) is 3. The summed E-state index contributed by atoms with van der Waals surface area (Å²) in [6.45, 7) is 0. The van der Waals surface area contributed by atoms with Crippen LogP contribution in [0, 0.1) is 0 Å². The summed E-state index contributed by atoms with van der Waals surface area (Å²) in [5, 5.41) is 8.81. The molecule has 4 heteroatoms. The third-order valence-corrected chi connectivity index (χ3v) is 2.26. The molecule has 0 aliphatic rings. The van der Waals surface area contributed by atoms with Crippen LogP contribution in [0.2, 0.25) is 0 Å². The molecular weight excluding hydrogens is 196 g/mol. The summed E-state index contributed by atoms with van der Waals surface area (Å²) in [5.74, 6) is -2.17. The fourth-order valence-electron chi connectivity index (χ4n) is 1.46. The highest BCUT2D eigenvalue weighted by Gasteiger charge is 2.34. The number of benzene rings is 1. The van der Waals surface area contributed by atoms with Gasteiger partial charge in [-0.15, -0.1) is 0 Å². The number of methoxy groups -OCH3 is 2. The van der Waals surface area contributed by atoms with Crippen LogP contribution in [0.25, 0.3) is 0 Å². The van der Waals surface area contributed by atoms with Crippen molar-refractivity contribution in [1.29, 1.82) is 0 Å². The second-order valence-corrected chi connectivity index (χ2v) is 3.10. The van der Waals surface area contributed by atoms with Gasteiger partial charge in [-0.3, -0.25) is 4.79 Å². The summed E-state index contributed by atoms with van der Waals surface area (Å²) in [6.07, 6.45) is -0.232. The van der Waals surface area contributed by atoms with E-state index in [1.165, 1.54) is 14.2 Å². The minimum Gasteiger partial charge on any atom is -0.481 e. The van der Waals surface area contributed by atoms with Crippen molar-refractivity contribution < 1.29 is 19.4 Å². The van der Waals surface area contributed by atoms with Crippen molar-refractivity contribution in [2.75, 3.05) is 14.2 Å². The van der Waals surface area contributed by atoms with Crippen LogP contribution < -0.4 is 0 Å². The second-order valence-electron chi connectivity index (χ2n) is 3.10. The quantitative estimate of drug-likeness (QED) is 0.750. The topological polar surface area (TPSA) is 55.8 Å². The molecule has 0 bridgehead atoms. The summed E-state index contributed by atoms with van der Waals surface area (Å²) >= 11 is 0. The van der Waals surface area contributed by atoms with Crippen molar-refractivity contribution in [2.45, 2.75) is 12.2 Å². The fourth-order valence-corrected chi connectivity index (χ4v) is 1.46. The van der Waals surface area contributed by atoms with Crippen molar-refractivity contribution in [1.82, 2.24) is 0 Å². The molecule has 82 valence electrons. The second kappa shape index (κ2) is 4.91. The third kappa shape index (κ3) is 2.55. The molecule has 15 heavy (non-hydrogen) atoms. The van der Waals surface area contributed by atoms with Gasteiger partial charge in [0.2, 0.25) is 5.79 Å². The van der Waals surface area contributed by atoms with Crippen LogP contribution in [-0.2, 0) is 20.1 Å². The average molecular weight is 210 g/mol. The number of ether oxygens (including phenoxy) is 2. The smallest absolute Gasteiger partial charge is 0.309 e. The molecule has 1 N–H and O–H groups in total. The first-order valence-electron chi connectivity index (χ1n) is 4.52. The van der Waals surface area contributed by atoms with E-state index in [0.29, 0.717) is 5.56 Å². The molecule has 0 aliphatic heterocycles. The van der Waals surface area contributed by atoms with E-state index in [0.717, 1.165) is 0 Å². The number of hydrogen-bond donors (Lipinski definition) is 1. The van der Waals surface area contributed by atoms with Crippen LogP contribution in [0.3, 0.4) is 0 Å². The monoisotopic (exact) mass is 210 g/mol. The Morgan fingerprint density at radius 1 is 1.27 bits per heavy atom. The lowest BCUT2D eigenvalue weighted by molar-refractivity contribution is -0.223. The maximum atomic E-state index is 10.7. The molecule has 0 radical (unpaired) electrons. The zero-order valence-corrected chi connectivity index (χ0v) is 8.77. The summed E-state index contributed by atoms with van der Waals surface area (Å²) in [7, 11) is 2.86. The minimum atomic E-state index is -1.20. The predicted octanol–water partition coefficient (Wildman–Crippen LogP) is 1.61. The maximum Gasteiger partial charge on any atom is 0.309 e. The number of carbonyl (C=O) groups is 1. The molecule has 0 atom stereocenters. The van der Waals surface area contributed by atoms with E-state index in [1.54, 1.807) is 12.1 Å². The molecule has 0 saturated heterocycles. The highest BCUT2D eigenvalue weighted by Crippen LogP contribution is 2.29. The molecule has 0 saturated carbocycles. The van der Waals surface area contributed by atoms with E-state index < -0.39 is 11.8 Å². The van der Waals surface area contributed by atoms with Gasteiger partial charge in [-0.1, -0.05) is 30.3 Å². The largest absolute Gasteiger partial charge is 0.481 e. The highest BCUT2D eigenvalue weighted by molar-refractivity contribution is 5.68. The van der Waals surface area contributed by atoms with Gasteiger partial charge in [-0.05, 0) is 0 Å². The number of aliphatic carboxylic acids is 1. The van der Waals surface area contributed by atoms with Crippen molar-refractivity contribution in [2.24, 2.45) is 0 Å². The van der Waals surface area contributed by atoms with Gasteiger partial charge >= 0.3 is 5.97 Å². The van der Waals surface area contributed by atoms with E-state index in [-0.39, 0.29) is 6.42 Å². The summed E-state index contributed by atoms with van der Waals surface area (Å²) in [6, 6.07) is 9.01. The first-order chi connectivity index (χ1) is 7.14. The third-order valence-electron chi connectivity index (χ3n) is 2.26. The predicted molar refractivity (Wildman–Crippen MR) is 54.4 cm³/mol. The van der Waals surface area contributed by atoms with Crippen molar-refractivity contribution >= 4 is 5.97 Å². The van der Waals surface area contributed by atoms with Gasteiger partial charge in [0.15, 0.2) is 0 Å². The Hall–Kier alpha value is -1.39. The van der Waals surface area contributed by atoms with Gasteiger partial charge in [0.25, 0.3) is 0 Å². The Morgan fingerprint density at radius 3 is 2.20 bits per heavy atom. The van der Waals surface area contributed by atoms with E-state index >= 15 is 0 Å². The van der Waals surface area contributed by atoms with Crippen molar-refractivity contribution in [3.63, 3.8) is 0 Å². The van der Waals surface area contributed by atoms with Gasteiger partial charge < -0.3 is 14.6 Å². The van der Waals surface area contributed by atoms with Crippen LogP contribution >= 0.6 is 0 Å². The van der Waals surface area contributed by atoms with E-state index in [4.69, 9.17) is 14.6 Å². The number of rotatable bonds is 5. The van der Waals surface area contributed by atoms with Crippen molar-refractivity contribution in [3.8, 4) is 0 Å². The summed E-state index contributed by atoms with van der Waals surface area (Å²) < 4.78 is 10.4. The highest BCUT2D eigenvalue weighted by atomic mass is 16.7. The molecule has 1 aromatic rings. The van der Waals surface area contributed by atoms with E-state index in [9.17, 15) is 4.79 Å². The van der Waals surface area contributed by atoms with Gasteiger partial charge in [-0.2, -0.15) is 0 Å². The zero-order valence-electron chi connectivity index (χ0n) is 8.77. The molecule has 1 rings (SSSR count). The standard InChI is InChI=1S/C11H14O4/c1-14-11(15-2,8-10(12)13)9-6-4-3-5-7-9/h3-7H,8H2,1-2H3,(H,12,13). The Balaban J connectivity index is 3.05. The lowest BCUT2D eigenvalue weighted by Gasteiger charge is -2.29. The molecule has 4 nitrogen and oxygen atoms in total. The van der Waals surface area contributed by atoms with Gasteiger partial charge in [-0.25, -0.2) is 0 Å². The van der Waals surface area contributed by atoms with Crippen LogP contribution in [0.1, 0.15) is 12.0 Å². The van der Waals surface area contributed by atoms with Crippen molar-refractivity contribution in [3.05, 3.63) is 35.9 Å². The lowest BCUT2D eigenvalue weighted by atomic mass is 10.0. The van der Waals surface area contributed by atoms with Crippen LogP contribution in [0.15, 0.2) is 30.3 Å².